The van der Waals surface area contributed by atoms with E-state index in [1.807, 2.05) is 6.07 Å². The summed E-state index contributed by atoms with van der Waals surface area (Å²) in [6, 6.07) is 14.1. The van der Waals surface area contributed by atoms with Crippen LogP contribution >= 0.6 is 0 Å². The van der Waals surface area contributed by atoms with Gasteiger partial charge in [-0.15, -0.1) is 0 Å². The number of nitrogens with zero attached hydrogens (tertiary/aromatic N) is 1. The minimum absolute atomic E-state index is 0.0557. The molecule has 5 nitrogen and oxygen atoms in total. The minimum atomic E-state index is -3.82. The maximum absolute atomic E-state index is 12.6. The van der Waals surface area contributed by atoms with E-state index in [-0.39, 0.29) is 4.90 Å². The van der Waals surface area contributed by atoms with Crippen molar-refractivity contribution in [3.8, 4) is 6.07 Å². The molecular formula is C16H13NO4S. The van der Waals surface area contributed by atoms with Crippen LogP contribution in [0.1, 0.15) is 28.9 Å². The van der Waals surface area contributed by atoms with Crippen molar-refractivity contribution in [2.45, 2.75) is 22.4 Å². The maximum Gasteiger partial charge on any atom is 0.187 e. The van der Waals surface area contributed by atoms with Crippen LogP contribution in [0.5, 0.6) is 0 Å². The highest BCUT2D eigenvalue weighted by molar-refractivity contribution is 7.92. The highest BCUT2D eigenvalue weighted by Crippen LogP contribution is 2.44. The summed E-state index contributed by atoms with van der Waals surface area (Å²) in [6.45, 7) is 0. The summed E-state index contributed by atoms with van der Waals surface area (Å²) >= 11 is 0. The zero-order valence-electron chi connectivity index (χ0n) is 11.4. The Bertz CT molecular complexity index is 852. The van der Waals surface area contributed by atoms with Gasteiger partial charge in [-0.1, -0.05) is 30.3 Å². The second-order valence-electron chi connectivity index (χ2n) is 5.17. The van der Waals surface area contributed by atoms with Gasteiger partial charge in [0.1, 0.15) is 11.4 Å². The normalized spacial score (nSPS) is 23.5. The van der Waals surface area contributed by atoms with Crippen LogP contribution in [0.4, 0.5) is 0 Å². The molecule has 2 aromatic rings. The summed E-state index contributed by atoms with van der Waals surface area (Å²) in [4.78, 5) is 0.0557. The molecule has 0 bridgehead atoms. The van der Waals surface area contributed by atoms with Crippen LogP contribution in [-0.4, -0.2) is 23.9 Å². The Hall–Kier alpha value is -2.20. The summed E-state index contributed by atoms with van der Waals surface area (Å²) in [5, 5.41) is 28.2. The fourth-order valence-electron chi connectivity index (χ4n) is 2.76. The van der Waals surface area contributed by atoms with Crippen LogP contribution in [0.2, 0.25) is 0 Å². The van der Waals surface area contributed by atoms with Gasteiger partial charge >= 0.3 is 0 Å². The molecule has 1 aliphatic heterocycles. The highest BCUT2D eigenvalue weighted by Gasteiger charge is 2.48. The van der Waals surface area contributed by atoms with E-state index in [1.54, 1.807) is 18.2 Å². The lowest BCUT2D eigenvalue weighted by atomic mass is 9.98. The van der Waals surface area contributed by atoms with Crippen molar-refractivity contribution in [3.05, 3.63) is 65.2 Å². The summed E-state index contributed by atoms with van der Waals surface area (Å²) in [5.41, 5.74) is 1.06. The maximum atomic E-state index is 12.6. The zero-order chi connectivity index (χ0) is 15.9. The molecule has 6 heteroatoms. The SMILES string of the molecule is N#Cc1ccc(C(O)C2C(O)c3ccccc3S2(=O)=O)cc1. The first kappa shape index (κ1) is 14.7. The number of hydrogen-bond acceptors (Lipinski definition) is 5. The monoisotopic (exact) mass is 315 g/mol. The first-order chi connectivity index (χ1) is 10.5. The van der Waals surface area contributed by atoms with Crippen molar-refractivity contribution in [1.82, 2.24) is 0 Å². The fourth-order valence-corrected chi connectivity index (χ4v) is 4.83. The molecule has 1 heterocycles. The summed E-state index contributed by atoms with van der Waals surface area (Å²) in [6.07, 6.45) is -2.66. The van der Waals surface area contributed by atoms with Crippen LogP contribution in [-0.2, 0) is 9.84 Å². The Balaban J connectivity index is 2.03. The molecule has 0 aliphatic carbocycles. The standard InChI is InChI=1S/C16H13NO4S/c17-9-10-5-7-11(8-6-10)14(18)16-15(19)12-3-1-2-4-13(12)22(16,20)21/h1-8,14-16,18-19H. The average molecular weight is 315 g/mol. The van der Waals surface area contributed by atoms with Gasteiger partial charge < -0.3 is 10.2 Å². The lowest BCUT2D eigenvalue weighted by molar-refractivity contribution is 0.0887. The number of aliphatic hydroxyl groups excluding tert-OH is 2. The Morgan fingerprint density at radius 1 is 1.09 bits per heavy atom. The van der Waals surface area contributed by atoms with E-state index >= 15 is 0 Å². The van der Waals surface area contributed by atoms with Gasteiger partial charge in [-0.05, 0) is 23.8 Å². The molecule has 3 atom stereocenters. The van der Waals surface area contributed by atoms with Gasteiger partial charge in [-0.3, -0.25) is 0 Å². The first-order valence-corrected chi connectivity index (χ1v) is 8.20. The van der Waals surface area contributed by atoms with E-state index in [9.17, 15) is 18.6 Å². The molecule has 0 saturated heterocycles. The number of rotatable bonds is 2. The van der Waals surface area contributed by atoms with Crippen molar-refractivity contribution in [1.29, 1.82) is 5.26 Å². The number of sulfone groups is 1. The summed E-state index contributed by atoms with van der Waals surface area (Å²) in [5.74, 6) is 0. The van der Waals surface area contributed by atoms with E-state index in [2.05, 4.69) is 0 Å². The minimum Gasteiger partial charge on any atom is -0.387 e. The lowest BCUT2D eigenvalue weighted by Crippen LogP contribution is -2.28. The smallest absolute Gasteiger partial charge is 0.187 e. The molecule has 0 saturated carbocycles. The third-order valence-corrected chi connectivity index (χ3v) is 6.12. The van der Waals surface area contributed by atoms with Crippen LogP contribution < -0.4 is 0 Å². The van der Waals surface area contributed by atoms with Gasteiger partial charge in [-0.2, -0.15) is 5.26 Å². The number of benzene rings is 2. The predicted octanol–water partition coefficient (Wildman–Crippen LogP) is 1.48. The van der Waals surface area contributed by atoms with Crippen LogP contribution in [0.25, 0.3) is 0 Å². The van der Waals surface area contributed by atoms with E-state index in [0.717, 1.165) is 0 Å². The molecular weight excluding hydrogens is 302 g/mol. The molecule has 2 N–H and O–H groups in total. The van der Waals surface area contributed by atoms with Gasteiger partial charge in [0, 0.05) is 5.56 Å². The molecule has 0 amide bonds. The van der Waals surface area contributed by atoms with Gasteiger partial charge in [0.05, 0.1) is 22.6 Å². The Kier molecular flexibility index (Phi) is 3.49. The van der Waals surface area contributed by atoms with Crippen molar-refractivity contribution in [3.63, 3.8) is 0 Å². The van der Waals surface area contributed by atoms with E-state index in [0.29, 0.717) is 16.7 Å². The first-order valence-electron chi connectivity index (χ1n) is 6.66. The number of aliphatic hydroxyl groups is 2. The number of fused-ring (bicyclic) bond motifs is 1. The summed E-state index contributed by atoms with van der Waals surface area (Å²) in [7, 11) is -3.82. The van der Waals surface area contributed by atoms with Crippen LogP contribution in [0, 0.1) is 11.3 Å². The van der Waals surface area contributed by atoms with Gasteiger partial charge in [0.15, 0.2) is 9.84 Å². The highest BCUT2D eigenvalue weighted by atomic mass is 32.2. The number of nitriles is 1. The third-order valence-electron chi connectivity index (χ3n) is 3.91. The fraction of sp³-hybridized carbons (Fsp3) is 0.188. The molecule has 0 aromatic heterocycles. The van der Waals surface area contributed by atoms with E-state index in [4.69, 9.17) is 5.26 Å². The molecule has 22 heavy (non-hydrogen) atoms. The van der Waals surface area contributed by atoms with Crippen LogP contribution in [0.3, 0.4) is 0 Å². The van der Waals surface area contributed by atoms with E-state index < -0.39 is 27.3 Å². The average Bonchev–Trinajstić information content (AvgIpc) is 2.74. The molecule has 2 aromatic carbocycles. The largest absolute Gasteiger partial charge is 0.387 e. The van der Waals surface area contributed by atoms with Gasteiger partial charge in [-0.25, -0.2) is 8.42 Å². The third kappa shape index (κ3) is 2.11. The molecule has 0 radical (unpaired) electrons. The Labute approximate surface area is 128 Å². The quantitative estimate of drug-likeness (QED) is 0.874. The Morgan fingerprint density at radius 3 is 2.32 bits per heavy atom. The summed E-state index contributed by atoms with van der Waals surface area (Å²) < 4.78 is 25.1. The predicted molar refractivity (Wildman–Crippen MR) is 78.5 cm³/mol. The molecule has 0 fully saturated rings. The lowest BCUT2D eigenvalue weighted by Gasteiger charge is -2.21. The second kappa shape index (κ2) is 5.21. The second-order valence-corrected chi connectivity index (χ2v) is 7.25. The molecule has 3 rings (SSSR count). The number of hydrogen-bond donors (Lipinski definition) is 2. The molecule has 112 valence electrons. The van der Waals surface area contributed by atoms with Gasteiger partial charge in [0.2, 0.25) is 0 Å². The topological polar surface area (TPSA) is 98.4 Å². The molecule has 3 unspecified atom stereocenters. The van der Waals surface area contributed by atoms with Crippen molar-refractivity contribution < 1.29 is 18.6 Å². The van der Waals surface area contributed by atoms with Crippen molar-refractivity contribution in [2.24, 2.45) is 0 Å². The zero-order valence-corrected chi connectivity index (χ0v) is 12.2. The Morgan fingerprint density at radius 2 is 1.73 bits per heavy atom. The van der Waals surface area contributed by atoms with E-state index in [1.165, 1.54) is 30.3 Å². The molecule has 1 aliphatic rings. The van der Waals surface area contributed by atoms with Crippen LogP contribution in [0.15, 0.2) is 53.4 Å². The molecule has 0 spiro atoms. The van der Waals surface area contributed by atoms with Crippen molar-refractivity contribution >= 4 is 9.84 Å². The van der Waals surface area contributed by atoms with Crippen molar-refractivity contribution in [2.75, 3.05) is 0 Å². The van der Waals surface area contributed by atoms with Gasteiger partial charge in [0.25, 0.3) is 0 Å².